The van der Waals surface area contributed by atoms with Crippen molar-refractivity contribution in [3.05, 3.63) is 132 Å². The summed E-state index contributed by atoms with van der Waals surface area (Å²) in [5.41, 5.74) is 10.7. The third-order valence-electron chi connectivity index (χ3n) is 20.3. The van der Waals surface area contributed by atoms with Gasteiger partial charge >= 0.3 is 0 Å². The van der Waals surface area contributed by atoms with E-state index >= 15 is 4.79 Å². The number of anilines is 1. The summed E-state index contributed by atoms with van der Waals surface area (Å²) in [6.45, 7) is 23.6. The SMILES string of the molecule is CC1(C)CC(n2cc(CN(Cc3cn(CCC(=O)N4CCN(C(=O)c5ccccc5C5=c6cc7c8c(c6Oc6c5cc5c9c6CCCN9CCC5)CCC[N+]=8CCC7)CC4)nn3)Cc3cn(C4CC(C)(C)N([O-])C(C)(C)C4)nn3)nn2)CC(C)(C)N1[O-]. The summed E-state index contributed by atoms with van der Waals surface area (Å²) < 4.78 is 15.5. The average Bonchev–Trinajstić information content (AvgIpc) is 1.14. The van der Waals surface area contributed by atoms with Crippen LogP contribution in [0.5, 0.6) is 11.5 Å². The molecule has 0 saturated carbocycles. The molecular weight excluding hydrogens is 1100 g/mol. The fraction of sp³-hybridized carbons (Fsp3) is 0.591. The predicted octanol–water partition coefficient (Wildman–Crippen LogP) is 6.86. The van der Waals surface area contributed by atoms with Crippen LogP contribution in [0.2, 0.25) is 0 Å². The molecule has 0 bridgehead atoms. The van der Waals surface area contributed by atoms with E-state index in [4.69, 9.17) is 4.74 Å². The number of aromatic nitrogens is 9. The van der Waals surface area contributed by atoms with E-state index in [0.717, 1.165) is 128 Å². The first-order chi connectivity index (χ1) is 41.7. The zero-order valence-corrected chi connectivity index (χ0v) is 52.2. The smallest absolute Gasteiger partial charge is 0.254 e. The Morgan fingerprint density at radius 1 is 0.621 bits per heavy atom. The maximum absolute atomic E-state index is 15.1. The Hall–Kier alpha value is -6.91. The van der Waals surface area contributed by atoms with Gasteiger partial charge in [-0.2, -0.15) is 0 Å². The molecule has 21 nitrogen and oxygen atoms in total. The Balaban J connectivity index is 0.666. The Kier molecular flexibility index (Phi) is 14.6. The van der Waals surface area contributed by atoms with E-state index in [1.165, 1.54) is 43.4 Å². The van der Waals surface area contributed by atoms with E-state index in [-0.39, 0.29) is 30.3 Å². The van der Waals surface area contributed by atoms with Crippen LogP contribution >= 0.6 is 0 Å². The molecule has 460 valence electrons. The Labute approximate surface area is 509 Å². The molecule has 21 heteroatoms. The Morgan fingerprint density at radius 2 is 1.17 bits per heavy atom. The van der Waals surface area contributed by atoms with Gasteiger partial charge < -0.3 is 40.0 Å². The van der Waals surface area contributed by atoms with Crippen LogP contribution in [-0.4, -0.2) is 156 Å². The summed E-state index contributed by atoms with van der Waals surface area (Å²) in [5.74, 6) is 1.95. The molecule has 0 radical (unpaired) electrons. The topological polar surface area (TPSA) is 204 Å². The van der Waals surface area contributed by atoms with Crippen molar-refractivity contribution in [1.82, 2.24) is 74.4 Å². The lowest BCUT2D eigenvalue weighted by molar-refractivity contribution is -0.133. The van der Waals surface area contributed by atoms with Crippen molar-refractivity contribution >= 4 is 23.1 Å². The second-order valence-electron chi connectivity index (χ2n) is 28.8. The molecule has 2 amide bonds. The van der Waals surface area contributed by atoms with Gasteiger partial charge in [-0.25, -0.2) is 13.9 Å². The molecule has 11 heterocycles. The summed E-state index contributed by atoms with van der Waals surface area (Å²) in [5, 5.41) is 59.0. The first-order valence-corrected chi connectivity index (χ1v) is 32.2. The number of hydroxylamine groups is 4. The molecule has 6 aromatic rings. The molecule has 0 atom stereocenters. The summed E-state index contributed by atoms with van der Waals surface area (Å²) in [6, 6.07) is 13.0. The fourth-order valence-electron chi connectivity index (χ4n) is 16.7. The van der Waals surface area contributed by atoms with Crippen molar-refractivity contribution in [2.45, 2.75) is 199 Å². The molecule has 0 aliphatic carbocycles. The number of rotatable bonds is 13. The summed E-state index contributed by atoms with van der Waals surface area (Å²) in [7, 11) is 0. The Bertz CT molecular complexity index is 3690. The van der Waals surface area contributed by atoms with E-state index in [2.05, 4.69) is 69.6 Å². The molecule has 3 aromatic carbocycles. The number of benzene rings is 3. The minimum atomic E-state index is -0.560. The van der Waals surface area contributed by atoms with Crippen molar-refractivity contribution in [1.29, 1.82) is 0 Å². The number of carbonyl (C=O) groups is 2. The number of aryl methyl sites for hydroxylation is 3. The van der Waals surface area contributed by atoms with Crippen LogP contribution in [0.25, 0.3) is 5.57 Å². The molecule has 0 unspecified atom stereocenters. The maximum atomic E-state index is 15.1. The number of nitrogens with zero attached hydrogens (tertiary/aromatic N) is 16. The van der Waals surface area contributed by atoms with Gasteiger partial charge in [0, 0.05) is 145 Å². The van der Waals surface area contributed by atoms with E-state index in [1.807, 2.05) is 105 Å². The van der Waals surface area contributed by atoms with Gasteiger partial charge in [-0.05, 0) is 149 Å². The molecule has 8 aliphatic rings. The molecule has 87 heavy (non-hydrogen) atoms. The fourth-order valence-corrected chi connectivity index (χ4v) is 16.7. The van der Waals surface area contributed by atoms with Gasteiger partial charge in [0.05, 0.1) is 53.7 Å². The van der Waals surface area contributed by atoms with Crippen LogP contribution in [0.15, 0.2) is 55.0 Å². The molecule has 0 N–H and O–H groups in total. The number of piperazine rings is 1. The van der Waals surface area contributed by atoms with Gasteiger partial charge in [0.2, 0.25) is 11.3 Å². The first-order valence-electron chi connectivity index (χ1n) is 32.2. The second kappa shape index (κ2) is 22.0. The number of carbonyl (C=O) groups excluding carboxylic acids is 2. The van der Waals surface area contributed by atoms with Crippen molar-refractivity contribution in [2.75, 3.05) is 57.3 Å². The third kappa shape index (κ3) is 10.6. The standard InChI is InChI=1S/C66H85N16O5/c1-63(2)33-48(34-64(3,4)81(63)85)79-41-46(68-71-79)38-73(39-47-42-80(72-69-47)49-35-65(5,6)82(86)66(7,8)36-49)37-45-40-78(70-67-45)26-21-56(83)74-27-29-77(30-28-74)62(84)51-18-10-9-17-50(51)57-54-31-43-15-11-22-75-24-13-19-52(58(43)75)60(54)87-61-53-20-14-25-76-23-12-16-44(59(53)76)32-55(57)61/h9-10,17-18,31-32,40-42,48-49H,11-16,19-30,33-39H2,1-8H3/q-1. The van der Waals surface area contributed by atoms with Crippen LogP contribution in [0.4, 0.5) is 5.69 Å². The molecule has 0 spiro atoms. The highest BCUT2D eigenvalue weighted by atomic mass is 16.5. The van der Waals surface area contributed by atoms with E-state index in [0.29, 0.717) is 83.6 Å². The van der Waals surface area contributed by atoms with Crippen molar-refractivity contribution in [3.8, 4) is 11.5 Å². The summed E-state index contributed by atoms with van der Waals surface area (Å²) >= 11 is 0. The predicted molar refractivity (Wildman–Crippen MR) is 330 cm³/mol. The van der Waals surface area contributed by atoms with E-state index < -0.39 is 22.2 Å². The van der Waals surface area contributed by atoms with Crippen LogP contribution in [0, 0.1) is 10.4 Å². The summed E-state index contributed by atoms with van der Waals surface area (Å²) in [6.07, 6.45) is 17.2. The number of hydrogen-bond donors (Lipinski definition) is 0. The first kappa shape index (κ1) is 57.8. The number of hydrogen-bond acceptors (Lipinski definition) is 15. The normalized spacial score (nSPS) is 21.6. The van der Waals surface area contributed by atoms with Crippen molar-refractivity contribution in [3.63, 3.8) is 0 Å². The molecule has 8 aliphatic heterocycles. The average molecular weight is 1180 g/mol. The number of piperidine rings is 2. The van der Waals surface area contributed by atoms with Gasteiger partial charge in [0.25, 0.3) is 5.91 Å². The van der Waals surface area contributed by atoms with Gasteiger partial charge in [0.1, 0.15) is 24.6 Å². The van der Waals surface area contributed by atoms with Crippen molar-refractivity contribution < 1.29 is 14.3 Å². The quantitative estimate of drug-likeness (QED) is 0.108. The number of ether oxygens (including phenoxy) is 1. The highest BCUT2D eigenvalue weighted by Gasteiger charge is 2.44. The maximum Gasteiger partial charge on any atom is 0.254 e. The van der Waals surface area contributed by atoms with Gasteiger partial charge in [-0.15, -0.1) is 15.3 Å². The minimum absolute atomic E-state index is 0.00793. The lowest BCUT2D eigenvalue weighted by Crippen LogP contribution is -2.57. The van der Waals surface area contributed by atoms with Gasteiger partial charge in [-0.1, -0.05) is 33.8 Å². The third-order valence-corrected chi connectivity index (χ3v) is 20.3. The monoisotopic (exact) mass is 1180 g/mol. The molecule has 3 saturated heterocycles. The largest absolute Gasteiger partial charge is 0.784 e. The van der Waals surface area contributed by atoms with E-state index in [1.54, 1.807) is 4.68 Å². The van der Waals surface area contributed by atoms with E-state index in [9.17, 15) is 15.2 Å². The summed E-state index contributed by atoms with van der Waals surface area (Å²) in [4.78, 5) is 37.7. The minimum Gasteiger partial charge on any atom is -0.784 e. The second-order valence-corrected chi connectivity index (χ2v) is 28.8. The molecule has 14 rings (SSSR count). The van der Waals surface area contributed by atoms with Crippen LogP contribution in [0.3, 0.4) is 0 Å². The highest BCUT2D eigenvalue weighted by molar-refractivity contribution is 6.02. The number of amides is 2. The zero-order chi connectivity index (χ0) is 60.3. The molecule has 3 aromatic heterocycles. The highest BCUT2D eigenvalue weighted by Crippen LogP contribution is 2.50. The van der Waals surface area contributed by atoms with Crippen molar-refractivity contribution in [2.24, 2.45) is 0 Å². The lowest BCUT2D eigenvalue weighted by Gasteiger charge is -2.59. The Morgan fingerprint density at radius 3 is 1.82 bits per heavy atom. The van der Waals surface area contributed by atoms with Gasteiger partial charge in [0.15, 0.2) is 0 Å². The van der Waals surface area contributed by atoms with Gasteiger partial charge in [-0.3, -0.25) is 19.2 Å². The van der Waals surface area contributed by atoms with Crippen LogP contribution in [-0.2, 0) is 56.7 Å². The van der Waals surface area contributed by atoms with Crippen LogP contribution < -0.4 is 24.8 Å². The number of fused-ring (bicyclic) bond motifs is 4. The molecule has 3 fully saturated rings. The zero-order valence-electron chi connectivity index (χ0n) is 52.2. The lowest BCUT2D eigenvalue weighted by atomic mass is 9.79. The molecular formula is C66H85N16O5-. The van der Waals surface area contributed by atoms with Crippen LogP contribution in [0.1, 0.15) is 186 Å².